The van der Waals surface area contributed by atoms with Crippen LogP contribution in [0.25, 0.3) is 0 Å². The zero-order chi connectivity index (χ0) is 13.5. The van der Waals surface area contributed by atoms with E-state index in [-0.39, 0.29) is 0 Å². The molecule has 1 N–H and O–H groups in total. The number of nitrogens with one attached hydrogen (secondary N) is 1. The molecule has 1 aliphatic carbocycles. The summed E-state index contributed by atoms with van der Waals surface area (Å²) in [4.78, 5) is 2.54. The molecule has 0 unspecified atom stereocenters. The highest BCUT2D eigenvalue weighted by Gasteiger charge is 2.32. The van der Waals surface area contributed by atoms with E-state index in [1.165, 1.54) is 48.0 Å². The largest absolute Gasteiger partial charge is 0.366 e. The van der Waals surface area contributed by atoms with Crippen molar-refractivity contribution in [2.45, 2.75) is 57.7 Å². The average molecular weight is 323 g/mol. The van der Waals surface area contributed by atoms with Crippen LogP contribution in [0.15, 0.2) is 22.7 Å². The van der Waals surface area contributed by atoms with Crippen LogP contribution in [0.5, 0.6) is 0 Å². The topological polar surface area (TPSA) is 15.3 Å². The number of hydrogen-bond donors (Lipinski definition) is 1. The quantitative estimate of drug-likeness (QED) is 0.898. The van der Waals surface area contributed by atoms with E-state index in [0.717, 1.165) is 12.6 Å². The molecule has 0 spiro atoms. The second-order valence-electron chi connectivity index (χ2n) is 6.50. The van der Waals surface area contributed by atoms with Crippen LogP contribution in [-0.2, 0) is 6.54 Å². The molecule has 1 saturated carbocycles. The van der Waals surface area contributed by atoms with E-state index in [2.05, 4.69) is 58.2 Å². The summed E-state index contributed by atoms with van der Waals surface area (Å²) >= 11 is 3.74. The van der Waals surface area contributed by atoms with Gasteiger partial charge in [0.15, 0.2) is 0 Å². The summed E-state index contributed by atoms with van der Waals surface area (Å²) in [7, 11) is 0. The van der Waals surface area contributed by atoms with E-state index >= 15 is 0 Å². The van der Waals surface area contributed by atoms with Crippen LogP contribution in [0.2, 0.25) is 0 Å². The van der Waals surface area contributed by atoms with Crippen LogP contribution < -0.4 is 10.2 Å². The van der Waals surface area contributed by atoms with Crippen molar-refractivity contribution in [1.82, 2.24) is 5.32 Å². The summed E-state index contributed by atoms with van der Waals surface area (Å²) < 4.78 is 1.24. The van der Waals surface area contributed by atoms with Crippen molar-refractivity contribution in [3.8, 4) is 0 Å². The molecule has 0 amide bonds. The fourth-order valence-electron chi connectivity index (χ4n) is 2.98. The van der Waals surface area contributed by atoms with Crippen molar-refractivity contribution in [1.29, 1.82) is 0 Å². The van der Waals surface area contributed by atoms with Gasteiger partial charge in [-0.15, -0.1) is 0 Å². The lowest BCUT2D eigenvalue weighted by atomic mass is 10.0. The molecular formula is C16H23BrN2. The Kier molecular flexibility index (Phi) is 3.61. The average Bonchev–Trinajstić information content (AvgIpc) is 3.11. The number of halogens is 1. The molecule has 2 fully saturated rings. The van der Waals surface area contributed by atoms with Gasteiger partial charge in [0.2, 0.25) is 0 Å². The van der Waals surface area contributed by atoms with Crippen LogP contribution in [-0.4, -0.2) is 18.1 Å². The van der Waals surface area contributed by atoms with Crippen molar-refractivity contribution in [3.05, 3.63) is 28.2 Å². The number of hydrogen-bond acceptors (Lipinski definition) is 2. The lowest BCUT2D eigenvalue weighted by Crippen LogP contribution is -2.38. The van der Waals surface area contributed by atoms with Gasteiger partial charge in [0.05, 0.1) is 0 Å². The summed E-state index contributed by atoms with van der Waals surface area (Å²) in [5, 5.41) is 3.58. The van der Waals surface area contributed by atoms with Crippen LogP contribution in [0.3, 0.4) is 0 Å². The van der Waals surface area contributed by atoms with E-state index in [4.69, 9.17) is 0 Å². The standard InChI is InChI=1S/C16H23BrN2/c1-16(2)8-3-9-19(16)14-7-4-12(15(17)10-14)11-18-13-5-6-13/h4,7,10,13,18H,3,5-6,8-9,11H2,1-2H3. The van der Waals surface area contributed by atoms with Gasteiger partial charge in [-0.2, -0.15) is 0 Å². The monoisotopic (exact) mass is 322 g/mol. The second-order valence-corrected chi connectivity index (χ2v) is 7.35. The molecule has 0 aromatic heterocycles. The third-order valence-corrected chi connectivity index (χ3v) is 5.15. The summed E-state index contributed by atoms with van der Waals surface area (Å²) in [6.45, 7) is 6.85. The number of nitrogens with zero attached hydrogens (tertiary/aromatic N) is 1. The Bertz CT molecular complexity index is 466. The summed E-state index contributed by atoms with van der Waals surface area (Å²) in [6, 6.07) is 7.60. The first-order valence-corrected chi connectivity index (χ1v) is 8.15. The minimum atomic E-state index is 0.299. The van der Waals surface area contributed by atoms with Crippen molar-refractivity contribution in [2.24, 2.45) is 0 Å². The van der Waals surface area contributed by atoms with Crippen LogP contribution >= 0.6 is 15.9 Å². The summed E-state index contributed by atoms with van der Waals surface area (Å²) in [6.07, 6.45) is 5.28. The minimum Gasteiger partial charge on any atom is -0.366 e. The van der Waals surface area contributed by atoms with Gasteiger partial charge in [-0.25, -0.2) is 0 Å². The molecule has 1 aliphatic heterocycles. The van der Waals surface area contributed by atoms with Gasteiger partial charge in [-0.1, -0.05) is 22.0 Å². The van der Waals surface area contributed by atoms with Crippen LogP contribution in [0.4, 0.5) is 5.69 Å². The molecule has 104 valence electrons. The number of benzene rings is 1. The molecule has 0 atom stereocenters. The highest BCUT2D eigenvalue weighted by molar-refractivity contribution is 9.10. The van der Waals surface area contributed by atoms with Gasteiger partial charge < -0.3 is 10.2 Å². The predicted molar refractivity (Wildman–Crippen MR) is 84.7 cm³/mol. The molecule has 1 heterocycles. The number of anilines is 1. The first kappa shape index (κ1) is 13.4. The first-order valence-electron chi connectivity index (χ1n) is 7.36. The van der Waals surface area contributed by atoms with Gasteiger partial charge in [-0.05, 0) is 57.2 Å². The fraction of sp³-hybridized carbons (Fsp3) is 0.625. The van der Waals surface area contributed by atoms with E-state index < -0.39 is 0 Å². The van der Waals surface area contributed by atoms with E-state index in [1.807, 2.05) is 0 Å². The molecule has 0 radical (unpaired) electrons. The van der Waals surface area contributed by atoms with Gasteiger partial charge in [0.1, 0.15) is 0 Å². The highest BCUT2D eigenvalue weighted by Crippen LogP contribution is 2.35. The predicted octanol–water partition coefficient (Wildman–Crippen LogP) is 4.08. The Balaban J connectivity index is 1.74. The molecule has 3 heteroatoms. The first-order chi connectivity index (χ1) is 9.06. The number of rotatable bonds is 4. The third-order valence-electron chi connectivity index (χ3n) is 4.41. The minimum absolute atomic E-state index is 0.299. The zero-order valence-electron chi connectivity index (χ0n) is 11.9. The normalized spacial score (nSPS) is 21.9. The molecule has 1 saturated heterocycles. The van der Waals surface area contributed by atoms with Gasteiger partial charge >= 0.3 is 0 Å². The Morgan fingerprint density at radius 3 is 2.74 bits per heavy atom. The van der Waals surface area contributed by atoms with Gasteiger partial charge in [-0.3, -0.25) is 0 Å². The Morgan fingerprint density at radius 1 is 1.37 bits per heavy atom. The van der Waals surface area contributed by atoms with E-state index in [9.17, 15) is 0 Å². The molecule has 2 aliphatic rings. The van der Waals surface area contributed by atoms with Gasteiger partial charge in [0, 0.05) is 34.8 Å². The maximum absolute atomic E-state index is 3.74. The summed E-state index contributed by atoms with van der Waals surface area (Å²) in [5.41, 5.74) is 3.02. The van der Waals surface area contributed by atoms with Crippen LogP contribution in [0.1, 0.15) is 45.1 Å². The Morgan fingerprint density at radius 2 is 2.16 bits per heavy atom. The van der Waals surface area contributed by atoms with Crippen molar-refractivity contribution < 1.29 is 0 Å². The molecular weight excluding hydrogens is 300 g/mol. The lowest BCUT2D eigenvalue weighted by molar-refractivity contribution is 0.518. The van der Waals surface area contributed by atoms with E-state index in [0.29, 0.717) is 5.54 Å². The molecule has 1 aromatic carbocycles. The molecule has 3 rings (SSSR count). The fourth-order valence-corrected chi connectivity index (χ4v) is 3.48. The molecule has 19 heavy (non-hydrogen) atoms. The Labute approximate surface area is 124 Å². The second kappa shape index (κ2) is 5.10. The maximum atomic E-state index is 3.74. The van der Waals surface area contributed by atoms with Crippen molar-refractivity contribution in [3.63, 3.8) is 0 Å². The molecule has 0 bridgehead atoms. The third kappa shape index (κ3) is 2.97. The van der Waals surface area contributed by atoms with Crippen LogP contribution in [0, 0.1) is 0 Å². The SMILES string of the molecule is CC1(C)CCCN1c1ccc(CNC2CC2)c(Br)c1. The van der Waals surface area contributed by atoms with Crippen molar-refractivity contribution in [2.75, 3.05) is 11.4 Å². The van der Waals surface area contributed by atoms with Crippen molar-refractivity contribution >= 4 is 21.6 Å². The lowest BCUT2D eigenvalue weighted by Gasteiger charge is -2.34. The molecule has 2 nitrogen and oxygen atoms in total. The maximum Gasteiger partial charge on any atom is 0.0382 e. The highest BCUT2D eigenvalue weighted by atomic mass is 79.9. The van der Waals surface area contributed by atoms with Gasteiger partial charge in [0.25, 0.3) is 0 Å². The zero-order valence-corrected chi connectivity index (χ0v) is 13.5. The van der Waals surface area contributed by atoms with E-state index in [1.54, 1.807) is 0 Å². The molecule has 1 aromatic rings. The Hall–Kier alpha value is -0.540. The smallest absolute Gasteiger partial charge is 0.0382 e. The summed E-state index contributed by atoms with van der Waals surface area (Å²) in [5.74, 6) is 0.